The van der Waals surface area contributed by atoms with Gasteiger partial charge in [-0.2, -0.15) is 0 Å². The van der Waals surface area contributed by atoms with Crippen molar-refractivity contribution in [1.82, 2.24) is 0 Å². The largest absolute Gasteiger partial charge is 0.327 e. The number of halogens is 1. The Morgan fingerprint density at radius 1 is 1.25 bits per heavy atom. The highest BCUT2D eigenvalue weighted by molar-refractivity contribution is 9.10. The van der Waals surface area contributed by atoms with Gasteiger partial charge in [-0.3, -0.25) is 4.21 Å². The summed E-state index contributed by atoms with van der Waals surface area (Å²) in [6.45, 7) is 0. The van der Waals surface area contributed by atoms with Crippen LogP contribution in [0.2, 0.25) is 0 Å². The average Bonchev–Trinajstić information content (AvgIpc) is 2.29. The molecule has 2 N–H and O–H groups in total. The van der Waals surface area contributed by atoms with Crippen LogP contribution in [0.5, 0.6) is 0 Å². The molecule has 0 amide bonds. The van der Waals surface area contributed by atoms with E-state index in [4.69, 9.17) is 5.73 Å². The summed E-state index contributed by atoms with van der Waals surface area (Å²) >= 11 is 3.45. The van der Waals surface area contributed by atoms with E-state index in [1.54, 1.807) is 0 Å². The quantitative estimate of drug-likeness (QED) is 0.913. The van der Waals surface area contributed by atoms with E-state index < -0.39 is 10.8 Å². The maximum atomic E-state index is 12.4. The number of nitrogens with two attached hydrogens (primary N) is 1. The van der Waals surface area contributed by atoms with Crippen LogP contribution in [0, 0.1) is 0 Å². The second-order valence-corrected chi connectivity index (χ2v) is 6.71. The molecule has 1 saturated carbocycles. The highest BCUT2D eigenvalue weighted by Crippen LogP contribution is 2.28. The lowest BCUT2D eigenvalue weighted by Gasteiger charge is -2.28. The Morgan fingerprint density at radius 2 is 1.94 bits per heavy atom. The van der Waals surface area contributed by atoms with Crippen molar-refractivity contribution < 1.29 is 4.21 Å². The summed E-state index contributed by atoms with van der Waals surface area (Å²) in [6, 6.07) is 7.79. The Morgan fingerprint density at radius 3 is 2.62 bits per heavy atom. The SMILES string of the molecule is NC1CCCCC1S(=O)c1ccccc1Br. The lowest BCUT2D eigenvalue weighted by atomic mass is 9.96. The predicted octanol–water partition coefficient (Wildman–Crippen LogP) is 2.83. The van der Waals surface area contributed by atoms with Crippen molar-refractivity contribution in [1.29, 1.82) is 0 Å². The lowest BCUT2D eigenvalue weighted by molar-refractivity contribution is 0.445. The Bertz CT molecular complexity index is 396. The first-order chi connectivity index (χ1) is 7.70. The molecule has 1 aliphatic rings. The molecule has 1 aliphatic carbocycles. The Balaban J connectivity index is 2.21. The van der Waals surface area contributed by atoms with Crippen molar-refractivity contribution in [3.8, 4) is 0 Å². The topological polar surface area (TPSA) is 43.1 Å². The maximum absolute atomic E-state index is 12.4. The Labute approximate surface area is 107 Å². The third kappa shape index (κ3) is 2.55. The van der Waals surface area contributed by atoms with E-state index in [0.717, 1.165) is 28.6 Å². The number of rotatable bonds is 2. The van der Waals surface area contributed by atoms with Crippen molar-refractivity contribution in [2.75, 3.05) is 0 Å². The zero-order valence-corrected chi connectivity index (χ0v) is 11.5. The van der Waals surface area contributed by atoms with Crippen LogP contribution in [0.1, 0.15) is 25.7 Å². The van der Waals surface area contributed by atoms with Gasteiger partial charge in [0.25, 0.3) is 0 Å². The van der Waals surface area contributed by atoms with Crippen LogP contribution < -0.4 is 5.73 Å². The zero-order chi connectivity index (χ0) is 11.5. The molecule has 3 atom stereocenters. The fraction of sp³-hybridized carbons (Fsp3) is 0.500. The van der Waals surface area contributed by atoms with E-state index in [1.807, 2.05) is 24.3 Å². The van der Waals surface area contributed by atoms with Gasteiger partial charge in [0.1, 0.15) is 0 Å². The summed E-state index contributed by atoms with van der Waals surface area (Å²) in [5, 5.41) is 0.118. The van der Waals surface area contributed by atoms with Crippen molar-refractivity contribution in [3.63, 3.8) is 0 Å². The fourth-order valence-corrected chi connectivity index (χ4v) is 4.56. The summed E-state index contributed by atoms with van der Waals surface area (Å²) in [6.07, 6.45) is 4.30. The number of hydrogen-bond acceptors (Lipinski definition) is 2. The van der Waals surface area contributed by atoms with Crippen molar-refractivity contribution in [3.05, 3.63) is 28.7 Å². The van der Waals surface area contributed by atoms with Gasteiger partial charge in [-0.05, 0) is 40.9 Å². The second-order valence-electron chi connectivity index (χ2n) is 4.21. The lowest BCUT2D eigenvalue weighted by Crippen LogP contribution is -2.40. The number of benzene rings is 1. The molecule has 0 saturated heterocycles. The highest BCUT2D eigenvalue weighted by atomic mass is 79.9. The monoisotopic (exact) mass is 301 g/mol. The summed E-state index contributed by atoms with van der Waals surface area (Å²) in [4.78, 5) is 0.879. The van der Waals surface area contributed by atoms with Crippen molar-refractivity contribution in [2.24, 2.45) is 5.73 Å². The van der Waals surface area contributed by atoms with Crippen LogP contribution in [0.25, 0.3) is 0 Å². The average molecular weight is 302 g/mol. The minimum atomic E-state index is -0.983. The maximum Gasteiger partial charge on any atom is 0.0588 e. The van der Waals surface area contributed by atoms with E-state index in [0.29, 0.717) is 0 Å². The fourth-order valence-electron chi connectivity index (χ4n) is 2.16. The molecular formula is C12H16BrNOS. The molecule has 1 fully saturated rings. The smallest absolute Gasteiger partial charge is 0.0588 e. The van der Waals surface area contributed by atoms with Crippen LogP contribution in [-0.2, 0) is 10.8 Å². The minimum absolute atomic E-state index is 0.0849. The van der Waals surface area contributed by atoms with Crippen LogP contribution in [0.3, 0.4) is 0 Å². The number of hydrogen-bond donors (Lipinski definition) is 1. The normalized spacial score (nSPS) is 27.6. The van der Waals surface area contributed by atoms with E-state index in [-0.39, 0.29) is 11.3 Å². The van der Waals surface area contributed by atoms with E-state index in [1.165, 1.54) is 6.42 Å². The molecule has 0 spiro atoms. The molecule has 0 heterocycles. The van der Waals surface area contributed by atoms with Gasteiger partial charge >= 0.3 is 0 Å². The van der Waals surface area contributed by atoms with E-state index in [9.17, 15) is 4.21 Å². The molecule has 88 valence electrons. The Hall–Kier alpha value is -0.190. The summed E-state index contributed by atoms with van der Waals surface area (Å²) in [5.74, 6) is 0. The van der Waals surface area contributed by atoms with E-state index in [2.05, 4.69) is 15.9 Å². The summed E-state index contributed by atoms with van der Waals surface area (Å²) in [5.41, 5.74) is 6.06. The third-order valence-electron chi connectivity index (χ3n) is 3.08. The summed E-state index contributed by atoms with van der Waals surface area (Å²) < 4.78 is 13.4. The molecule has 2 rings (SSSR count). The molecule has 0 aliphatic heterocycles. The first-order valence-corrected chi connectivity index (χ1v) is 7.61. The van der Waals surface area contributed by atoms with Gasteiger partial charge in [-0.1, -0.05) is 25.0 Å². The molecule has 0 aromatic heterocycles. The molecule has 0 radical (unpaired) electrons. The predicted molar refractivity (Wildman–Crippen MR) is 70.8 cm³/mol. The van der Waals surface area contributed by atoms with Crippen molar-refractivity contribution >= 4 is 26.7 Å². The molecule has 16 heavy (non-hydrogen) atoms. The third-order valence-corrected chi connectivity index (χ3v) is 5.96. The Kier molecular flexibility index (Phi) is 4.16. The molecule has 3 unspecified atom stereocenters. The first-order valence-electron chi connectivity index (χ1n) is 5.61. The molecular weight excluding hydrogens is 286 g/mol. The van der Waals surface area contributed by atoms with Gasteiger partial charge in [0.05, 0.1) is 20.9 Å². The van der Waals surface area contributed by atoms with Gasteiger partial charge in [0.2, 0.25) is 0 Å². The van der Waals surface area contributed by atoms with E-state index >= 15 is 0 Å². The van der Waals surface area contributed by atoms with Crippen LogP contribution in [0.15, 0.2) is 33.6 Å². The van der Waals surface area contributed by atoms with Crippen LogP contribution in [0.4, 0.5) is 0 Å². The highest BCUT2D eigenvalue weighted by Gasteiger charge is 2.28. The van der Waals surface area contributed by atoms with Gasteiger partial charge in [-0.15, -0.1) is 0 Å². The summed E-state index contributed by atoms with van der Waals surface area (Å²) in [7, 11) is -0.983. The molecule has 2 nitrogen and oxygen atoms in total. The van der Waals surface area contributed by atoms with Gasteiger partial charge < -0.3 is 5.73 Å². The molecule has 0 bridgehead atoms. The standard InChI is InChI=1S/C12H16BrNOS/c13-9-5-1-3-7-11(9)16(15)12-8-4-2-6-10(12)14/h1,3,5,7,10,12H,2,4,6,8,14H2. The second kappa shape index (κ2) is 5.43. The van der Waals surface area contributed by atoms with Crippen LogP contribution in [-0.4, -0.2) is 15.5 Å². The van der Waals surface area contributed by atoms with Crippen molar-refractivity contribution in [2.45, 2.75) is 41.9 Å². The minimum Gasteiger partial charge on any atom is -0.327 e. The first kappa shape index (κ1) is 12.3. The van der Waals surface area contributed by atoms with Gasteiger partial charge in [-0.25, -0.2) is 0 Å². The van der Waals surface area contributed by atoms with Gasteiger partial charge in [0.15, 0.2) is 0 Å². The van der Waals surface area contributed by atoms with Crippen LogP contribution >= 0.6 is 15.9 Å². The molecule has 1 aromatic carbocycles. The van der Waals surface area contributed by atoms with Gasteiger partial charge in [0, 0.05) is 10.5 Å². The zero-order valence-electron chi connectivity index (χ0n) is 9.06. The molecule has 4 heteroatoms. The molecule has 1 aromatic rings.